The van der Waals surface area contributed by atoms with Gasteiger partial charge in [-0.3, -0.25) is 9.78 Å². The normalized spacial score (nSPS) is 9.50. The zero-order valence-corrected chi connectivity index (χ0v) is 11.1. The lowest BCUT2D eigenvalue weighted by Gasteiger charge is -2.05. The first kappa shape index (κ1) is 13.8. The van der Waals surface area contributed by atoms with Gasteiger partial charge in [0.2, 0.25) is 0 Å². The van der Waals surface area contributed by atoms with Crippen LogP contribution in [0.1, 0.15) is 21.5 Å². The Bertz CT molecular complexity index is 667. The Morgan fingerprint density at radius 3 is 2.70 bits per heavy atom. The lowest BCUT2D eigenvalue weighted by molar-refractivity contribution is 0.102. The lowest BCUT2D eigenvalue weighted by Crippen LogP contribution is -2.12. The van der Waals surface area contributed by atoms with Crippen LogP contribution in [0.5, 0.6) is 0 Å². The number of nitrogens with one attached hydrogen (secondary N) is 1. The smallest absolute Gasteiger partial charge is 0.257 e. The van der Waals surface area contributed by atoms with Gasteiger partial charge in [-0.15, -0.1) is 0 Å². The number of pyridine rings is 1. The fourth-order valence-corrected chi connectivity index (χ4v) is 1.66. The molecule has 1 aromatic heterocycles. The van der Waals surface area contributed by atoms with E-state index in [1.54, 1.807) is 36.5 Å². The van der Waals surface area contributed by atoms with Crippen molar-refractivity contribution in [1.82, 2.24) is 4.98 Å². The first-order chi connectivity index (χ1) is 9.69. The minimum atomic E-state index is -0.199. The second-order valence-electron chi connectivity index (χ2n) is 4.24. The standard InChI is InChI=1S/C16H14N2O2/c1-12-9-14(11-17-10-12)16(20)18-15-6-4-13(5-7-15)3-2-8-19/h4-7,9-11,19H,8H2,1H3,(H,18,20). The summed E-state index contributed by atoms with van der Waals surface area (Å²) in [6, 6.07) is 8.88. The molecule has 1 aromatic carbocycles. The number of benzene rings is 1. The van der Waals surface area contributed by atoms with E-state index in [1.165, 1.54) is 6.20 Å². The van der Waals surface area contributed by atoms with Crippen LogP contribution in [0.25, 0.3) is 0 Å². The molecule has 100 valence electrons. The molecule has 20 heavy (non-hydrogen) atoms. The minimum Gasteiger partial charge on any atom is -0.384 e. The zero-order chi connectivity index (χ0) is 14.4. The molecule has 0 unspecified atom stereocenters. The average molecular weight is 266 g/mol. The molecule has 0 saturated carbocycles. The first-order valence-electron chi connectivity index (χ1n) is 6.12. The molecule has 2 N–H and O–H groups in total. The molecule has 4 heteroatoms. The number of carbonyl (C=O) groups is 1. The van der Waals surface area contributed by atoms with E-state index in [4.69, 9.17) is 5.11 Å². The summed E-state index contributed by atoms with van der Waals surface area (Å²) >= 11 is 0. The van der Waals surface area contributed by atoms with Crippen LogP contribution in [0.2, 0.25) is 0 Å². The highest BCUT2D eigenvalue weighted by Crippen LogP contribution is 2.11. The van der Waals surface area contributed by atoms with Crippen LogP contribution in [0, 0.1) is 18.8 Å². The molecule has 0 aliphatic rings. The van der Waals surface area contributed by atoms with Crippen molar-refractivity contribution < 1.29 is 9.90 Å². The van der Waals surface area contributed by atoms with Crippen molar-refractivity contribution in [2.75, 3.05) is 11.9 Å². The summed E-state index contributed by atoms with van der Waals surface area (Å²) in [5.41, 5.74) is 2.93. The molecule has 2 aromatic rings. The highest BCUT2D eigenvalue weighted by molar-refractivity contribution is 6.04. The van der Waals surface area contributed by atoms with E-state index >= 15 is 0 Å². The third-order valence-electron chi connectivity index (χ3n) is 2.59. The first-order valence-corrected chi connectivity index (χ1v) is 6.12. The number of hydrogen-bond acceptors (Lipinski definition) is 3. The highest BCUT2D eigenvalue weighted by atomic mass is 16.2. The maximum Gasteiger partial charge on any atom is 0.257 e. The van der Waals surface area contributed by atoms with Gasteiger partial charge < -0.3 is 10.4 Å². The predicted molar refractivity (Wildman–Crippen MR) is 77.3 cm³/mol. The van der Waals surface area contributed by atoms with Crippen LogP contribution >= 0.6 is 0 Å². The van der Waals surface area contributed by atoms with Crippen LogP contribution in [0.15, 0.2) is 42.7 Å². The molecule has 0 aliphatic carbocycles. The van der Waals surface area contributed by atoms with Gasteiger partial charge in [0.1, 0.15) is 6.61 Å². The minimum absolute atomic E-state index is 0.168. The monoisotopic (exact) mass is 266 g/mol. The van der Waals surface area contributed by atoms with Gasteiger partial charge in [0, 0.05) is 23.6 Å². The van der Waals surface area contributed by atoms with Gasteiger partial charge in [-0.25, -0.2) is 0 Å². The second-order valence-corrected chi connectivity index (χ2v) is 4.24. The van der Waals surface area contributed by atoms with Crippen LogP contribution in [-0.4, -0.2) is 22.6 Å². The molecule has 0 fully saturated rings. The second kappa shape index (κ2) is 6.50. The molecule has 0 radical (unpaired) electrons. The summed E-state index contributed by atoms with van der Waals surface area (Å²) in [6.45, 7) is 1.72. The van der Waals surface area contributed by atoms with E-state index in [0.717, 1.165) is 11.1 Å². The van der Waals surface area contributed by atoms with Gasteiger partial charge in [0.25, 0.3) is 5.91 Å². The predicted octanol–water partition coefficient (Wildman–Crippen LogP) is 1.99. The van der Waals surface area contributed by atoms with Crippen molar-refractivity contribution in [3.8, 4) is 11.8 Å². The number of carbonyl (C=O) groups excluding carboxylic acids is 1. The van der Waals surface area contributed by atoms with E-state index in [2.05, 4.69) is 22.1 Å². The van der Waals surface area contributed by atoms with E-state index in [1.807, 2.05) is 6.92 Å². The maximum atomic E-state index is 12.0. The number of hydrogen-bond donors (Lipinski definition) is 2. The summed E-state index contributed by atoms with van der Waals surface area (Å²) in [5, 5.41) is 11.4. The molecular weight excluding hydrogens is 252 g/mol. The van der Waals surface area contributed by atoms with E-state index in [-0.39, 0.29) is 12.5 Å². The number of nitrogens with zero attached hydrogens (tertiary/aromatic N) is 1. The third kappa shape index (κ3) is 3.67. The molecule has 0 bridgehead atoms. The molecule has 4 nitrogen and oxygen atoms in total. The Balaban J connectivity index is 2.08. The number of aliphatic hydroxyl groups excluding tert-OH is 1. The molecule has 0 aliphatic heterocycles. The van der Waals surface area contributed by atoms with Crippen LogP contribution in [0.3, 0.4) is 0 Å². The summed E-state index contributed by atoms with van der Waals surface area (Å²) in [5.74, 6) is 5.16. The van der Waals surface area contributed by atoms with Crippen molar-refractivity contribution in [2.24, 2.45) is 0 Å². The van der Waals surface area contributed by atoms with Crippen molar-refractivity contribution in [3.05, 3.63) is 59.4 Å². The maximum absolute atomic E-state index is 12.0. The van der Waals surface area contributed by atoms with E-state index in [0.29, 0.717) is 11.3 Å². The third-order valence-corrected chi connectivity index (χ3v) is 2.59. The highest BCUT2D eigenvalue weighted by Gasteiger charge is 2.06. The van der Waals surface area contributed by atoms with Gasteiger partial charge in [-0.1, -0.05) is 11.8 Å². The van der Waals surface area contributed by atoms with Crippen LogP contribution in [-0.2, 0) is 0 Å². The fraction of sp³-hybridized carbons (Fsp3) is 0.125. The molecular formula is C16H14N2O2. The number of amides is 1. The number of aryl methyl sites for hydroxylation is 1. The molecule has 1 amide bonds. The largest absolute Gasteiger partial charge is 0.384 e. The Labute approximate surface area is 117 Å². The van der Waals surface area contributed by atoms with Crippen molar-refractivity contribution >= 4 is 11.6 Å². The van der Waals surface area contributed by atoms with Crippen LogP contribution < -0.4 is 5.32 Å². The summed E-state index contributed by atoms with van der Waals surface area (Å²) in [6.07, 6.45) is 3.23. The SMILES string of the molecule is Cc1cncc(C(=O)Nc2ccc(C#CCO)cc2)c1. The summed E-state index contributed by atoms with van der Waals surface area (Å²) < 4.78 is 0. The average Bonchev–Trinajstić information content (AvgIpc) is 2.46. The Kier molecular flexibility index (Phi) is 4.48. The Morgan fingerprint density at radius 2 is 2.05 bits per heavy atom. The van der Waals surface area contributed by atoms with E-state index < -0.39 is 0 Å². The topological polar surface area (TPSA) is 62.2 Å². The molecule has 0 atom stereocenters. The molecule has 1 heterocycles. The van der Waals surface area contributed by atoms with Crippen molar-refractivity contribution in [3.63, 3.8) is 0 Å². The number of aromatic nitrogens is 1. The van der Waals surface area contributed by atoms with Gasteiger partial charge in [-0.2, -0.15) is 0 Å². The molecule has 0 saturated heterocycles. The van der Waals surface area contributed by atoms with Crippen molar-refractivity contribution in [2.45, 2.75) is 6.92 Å². The van der Waals surface area contributed by atoms with Gasteiger partial charge >= 0.3 is 0 Å². The fourth-order valence-electron chi connectivity index (χ4n) is 1.66. The lowest BCUT2D eigenvalue weighted by atomic mass is 10.2. The Morgan fingerprint density at radius 1 is 1.30 bits per heavy atom. The van der Waals surface area contributed by atoms with Gasteiger partial charge in [0.05, 0.1) is 5.56 Å². The number of aliphatic hydroxyl groups is 1. The number of rotatable bonds is 2. The van der Waals surface area contributed by atoms with Gasteiger partial charge in [-0.05, 0) is 42.8 Å². The van der Waals surface area contributed by atoms with Gasteiger partial charge in [0.15, 0.2) is 0 Å². The van der Waals surface area contributed by atoms with Crippen molar-refractivity contribution in [1.29, 1.82) is 0 Å². The summed E-state index contributed by atoms with van der Waals surface area (Å²) in [7, 11) is 0. The summed E-state index contributed by atoms with van der Waals surface area (Å²) in [4.78, 5) is 16.0. The zero-order valence-electron chi connectivity index (χ0n) is 11.1. The Hall–Kier alpha value is -2.64. The van der Waals surface area contributed by atoms with E-state index in [9.17, 15) is 4.79 Å². The quantitative estimate of drug-likeness (QED) is 0.817. The molecule has 0 spiro atoms. The number of anilines is 1. The molecule has 2 rings (SSSR count). The van der Waals surface area contributed by atoms with Crippen LogP contribution in [0.4, 0.5) is 5.69 Å².